The Hall–Kier alpha value is -2.08. The number of carbonyl (C=O) groups excluding carboxylic acids is 3. The number of ketones is 1. The molecule has 7 N–H and O–H groups in total. The molecule has 11 heteroatoms. The Bertz CT molecular complexity index is 482. The van der Waals surface area contributed by atoms with Crippen LogP contribution in [0.5, 0.6) is 0 Å². The second kappa shape index (κ2) is 9.93. The molecule has 0 aromatic carbocycles. The quantitative estimate of drug-likeness (QED) is 0.193. The molecule has 0 heterocycles. The summed E-state index contributed by atoms with van der Waals surface area (Å²) in [4.78, 5) is 43.5. The van der Waals surface area contributed by atoms with Crippen molar-refractivity contribution in [1.29, 1.82) is 0 Å². The van der Waals surface area contributed by atoms with Gasteiger partial charge in [-0.1, -0.05) is 0 Å². The minimum absolute atomic E-state index is 0.412. The molecule has 0 aliphatic rings. The van der Waals surface area contributed by atoms with Gasteiger partial charge >= 0.3 is 5.97 Å². The first kappa shape index (κ1) is 21.9. The summed E-state index contributed by atoms with van der Waals surface area (Å²) >= 11 is 0. The van der Waals surface area contributed by atoms with Crippen molar-refractivity contribution in [2.24, 2.45) is 0 Å². The zero-order chi connectivity index (χ0) is 19.0. The lowest BCUT2D eigenvalue weighted by Crippen LogP contribution is -2.58. The van der Waals surface area contributed by atoms with Gasteiger partial charge in [-0.2, -0.15) is 0 Å². The Morgan fingerprint density at radius 1 is 0.875 bits per heavy atom. The molecule has 0 fully saturated rings. The number of carboxylic acid groups (broad SMARTS) is 1. The summed E-state index contributed by atoms with van der Waals surface area (Å²) < 4.78 is 0. The largest absolute Gasteiger partial charge is 0.475 e. The third-order valence-corrected chi connectivity index (χ3v) is 3.09. The molecular formula is C13H22N2O9. The smallest absolute Gasteiger partial charge is 0.372 e. The van der Waals surface area contributed by atoms with Crippen LogP contribution in [0.1, 0.15) is 20.3 Å². The van der Waals surface area contributed by atoms with E-state index in [1.165, 1.54) is 0 Å². The zero-order valence-corrected chi connectivity index (χ0v) is 13.2. The molecule has 5 atom stereocenters. The number of hydrogen-bond donors (Lipinski definition) is 7. The van der Waals surface area contributed by atoms with Crippen molar-refractivity contribution in [3.8, 4) is 0 Å². The fourth-order valence-electron chi connectivity index (χ4n) is 1.86. The highest BCUT2D eigenvalue weighted by Crippen LogP contribution is 2.12. The molecule has 0 aliphatic heterocycles. The maximum Gasteiger partial charge on any atom is 0.372 e. The van der Waals surface area contributed by atoms with Crippen LogP contribution in [-0.2, 0) is 19.2 Å². The molecule has 0 rings (SSSR count). The highest BCUT2D eigenvalue weighted by atomic mass is 16.4. The van der Waals surface area contributed by atoms with Crippen molar-refractivity contribution < 1.29 is 44.7 Å². The van der Waals surface area contributed by atoms with Crippen molar-refractivity contribution >= 4 is 23.6 Å². The summed E-state index contributed by atoms with van der Waals surface area (Å²) in [5.74, 6) is -4.40. The monoisotopic (exact) mass is 350 g/mol. The van der Waals surface area contributed by atoms with E-state index in [2.05, 4.69) is 10.6 Å². The van der Waals surface area contributed by atoms with Crippen molar-refractivity contribution in [2.45, 2.75) is 50.7 Å². The molecule has 0 saturated heterocycles. The normalized spacial score (nSPS) is 17.1. The number of aliphatic hydroxyl groups excluding tert-OH is 4. The van der Waals surface area contributed by atoms with Gasteiger partial charge in [0.2, 0.25) is 17.6 Å². The number of nitrogens with one attached hydrogen (secondary N) is 2. The number of carbonyl (C=O) groups is 4. The van der Waals surface area contributed by atoms with Crippen LogP contribution >= 0.6 is 0 Å². The molecule has 0 bridgehead atoms. The van der Waals surface area contributed by atoms with E-state index in [9.17, 15) is 39.6 Å². The SMILES string of the molecule is CC(=O)NC[C@@H](O)[C@@H](O)[C@H](O)[C@H](NC(C)=O)[C@@H](O)CC(=O)C(=O)O. The molecular weight excluding hydrogens is 328 g/mol. The molecule has 0 unspecified atom stereocenters. The van der Waals surface area contributed by atoms with Crippen LogP contribution in [0.15, 0.2) is 0 Å². The van der Waals surface area contributed by atoms with Gasteiger partial charge < -0.3 is 36.2 Å². The molecule has 138 valence electrons. The van der Waals surface area contributed by atoms with Gasteiger partial charge in [-0.15, -0.1) is 0 Å². The molecule has 0 saturated carbocycles. The Morgan fingerprint density at radius 2 is 1.42 bits per heavy atom. The lowest BCUT2D eigenvalue weighted by Gasteiger charge is -2.32. The fourth-order valence-corrected chi connectivity index (χ4v) is 1.86. The van der Waals surface area contributed by atoms with Crippen LogP contribution in [-0.4, -0.2) is 86.1 Å². The minimum Gasteiger partial charge on any atom is -0.475 e. The van der Waals surface area contributed by atoms with Crippen molar-refractivity contribution in [1.82, 2.24) is 10.6 Å². The topological polar surface area (TPSA) is 193 Å². The molecule has 2 amide bonds. The van der Waals surface area contributed by atoms with Crippen LogP contribution in [0.25, 0.3) is 0 Å². The van der Waals surface area contributed by atoms with Crippen molar-refractivity contribution in [3.05, 3.63) is 0 Å². The maximum atomic E-state index is 11.2. The molecule has 0 aromatic heterocycles. The van der Waals surface area contributed by atoms with Crippen LogP contribution in [0, 0.1) is 0 Å². The van der Waals surface area contributed by atoms with Crippen LogP contribution < -0.4 is 10.6 Å². The Kier molecular flexibility index (Phi) is 9.07. The predicted molar refractivity (Wildman–Crippen MR) is 77.6 cm³/mol. The third-order valence-electron chi connectivity index (χ3n) is 3.09. The predicted octanol–water partition coefficient (Wildman–Crippen LogP) is -3.89. The first-order chi connectivity index (χ1) is 11.0. The highest BCUT2D eigenvalue weighted by Gasteiger charge is 2.37. The summed E-state index contributed by atoms with van der Waals surface area (Å²) in [6.07, 6.45) is -8.22. The third kappa shape index (κ3) is 7.46. The Balaban J connectivity index is 5.06. The Labute approximate surface area is 137 Å². The number of rotatable bonds is 10. The van der Waals surface area contributed by atoms with Gasteiger partial charge in [-0.25, -0.2) is 4.79 Å². The summed E-state index contributed by atoms with van der Waals surface area (Å²) in [6.45, 7) is 1.78. The number of Topliss-reactive ketones (excluding diaryl/α,β-unsaturated/α-hetero) is 1. The summed E-state index contributed by atoms with van der Waals surface area (Å²) in [7, 11) is 0. The average Bonchev–Trinajstić information content (AvgIpc) is 2.48. The molecule has 0 aromatic rings. The number of carboxylic acids is 1. The number of hydrogen-bond acceptors (Lipinski definition) is 8. The van der Waals surface area contributed by atoms with Gasteiger partial charge in [-0.05, 0) is 0 Å². The van der Waals surface area contributed by atoms with E-state index >= 15 is 0 Å². The van der Waals surface area contributed by atoms with Gasteiger partial charge in [-0.3, -0.25) is 14.4 Å². The molecule has 0 radical (unpaired) electrons. The standard InChI is InChI=1S/C13H22N2O9/c1-5(16)14-4-9(20)11(21)12(22)10(15-6(2)17)7(18)3-8(19)13(23)24/h7,9-12,18,20-22H,3-4H2,1-2H3,(H,14,16)(H,15,17)(H,23,24)/t7-,9+,10+,11+,12+/m0/s1. The van der Waals surface area contributed by atoms with E-state index < -0.39 is 67.0 Å². The number of aliphatic hydroxyl groups is 4. The van der Waals surface area contributed by atoms with E-state index in [0.717, 1.165) is 13.8 Å². The fraction of sp³-hybridized carbons (Fsp3) is 0.692. The lowest BCUT2D eigenvalue weighted by atomic mass is 9.94. The van der Waals surface area contributed by atoms with Gasteiger partial charge in [0, 0.05) is 26.8 Å². The van der Waals surface area contributed by atoms with E-state index in [1.54, 1.807) is 0 Å². The van der Waals surface area contributed by atoms with E-state index in [-0.39, 0.29) is 0 Å². The number of amides is 2. The first-order valence-corrected chi connectivity index (χ1v) is 6.97. The first-order valence-electron chi connectivity index (χ1n) is 6.97. The average molecular weight is 350 g/mol. The molecule has 0 aliphatic carbocycles. The Morgan fingerprint density at radius 3 is 1.83 bits per heavy atom. The van der Waals surface area contributed by atoms with Gasteiger partial charge in [0.25, 0.3) is 0 Å². The van der Waals surface area contributed by atoms with Gasteiger partial charge in [0.15, 0.2) is 0 Å². The maximum absolute atomic E-state index is 11.2. The minimum atomic E-state index is -1.94. The lowest BCUT2D eigenvalue weighted by molar-refractivity contribution is -0.151. The van der Waals surface area contributed by atoms with Crippen LogP contribution in [0.4, 0.5) is 0 Å². The van der Waals surface area contributed by atoms with Gasteiger partial charge in [0.05, 0.1) is 18.2 Å². The second-order valence-corrected chi connectivity index (χ2v) is 5.21. The number of aliphatic carboxylic acids is 1. The van der Waals surface area contributed by atoms with Crippen molar-refractivity contribution in [3.63, 3.8) is 0 Å². The van der Waals surface area contributed by atoms with E-state index in [1.807, 2.05) is 0 Å². The molecule has 24 heavy (non-hydrogen) atoms. The molecule has 11 nitrogen and oxygen atoms in total. The second-order valence-electron chi connectivity index (χ2n) is 5.21. The van der Waals surface area contributed by atoms with Gasteiger partial charge in [0.1, 0.15) is 12.2 Å². The van der Waals surface area contributed by atoms with Crippen molar-refractivity contribution in [2.75, 3.05) is 6.54 Å². The summed E-state index contributed by atoms with van der Waals surface area (Å²) in [6, 6.07) is -1.62. The summed E-state index contributed by atoms with van der Waals surface area (Å²) in [5.41, 5.74) is 0. The zero-order valence-electron chi connectivity index (χ0n) is 13.2. The molecule has 0 spiro atoms. The highest BCUT2D eigenvalue weighted by molar-refractivity contribution is 6.32. The van der Waals surface area contributed by atoms with Crippen LogP contribution in [0.2, 0.25) is 0 Å². The van der Waals surface area contributed by atoms with E-state index in [0.29, 0.717) is 0 Å². The van der Waals surface area contributed by atoms with Crippen LogP contribution in [0.3, 0.4) is 0 Å². The van der Waals surface area contributed by atoms with E-state index in [4.69, 9.17) is 5.11 Å². The summed E-state index contributed by atoms with van der Waals surface area (Å²) in [5, 5.41) is 52.2.